The zero-order chi connectivity index (χ0) is 27.6. The number of pyridine rings is 1. The van der Waals surface area contributed by atoms with Gasteiger partial charge < -0.3 is 10.2 Å². The Bertz CT molecular complexity index is 1730. The van der Waals surface area contributed by atoms with Crippen molar-refractivity contribution in [2.75, 3.05) is 10.2 Å². The van der Waals surface area contributed by atoms with E-state index < -0.39 is 23.4 Å². The number of carbonyl (C=O) groups is 3. The fraction of sp³-hybridized carbons (Fsp3) is 0.176. The topological polar surface area (TPSA) is 79.4 Å². The molecule has 196 valence electrons. The van der Waals surface area contributed by atoms with E-state index in [2.05, 4.69) is 22.4 Å². The van der Waals surface area contributed by atoms with Gasteiger partial charge >= 0.3 is 0 Å². The lowest BCUT2D eigenvalue weighted by Gasteiger charge is -2.39. The second-order valence-corrected chi connectivity index (χ2v) is 10.8. The molecule has 4 atom stereocenters. The van der Waals surface area contributed by atoms with Crippen LogP contribution in [0.25, 0.3) is 5.57 Å². The Morgan fingerprint density at radius 3 is 2.40 bits per heavy atom. The van der Waals surface area contributed by atoms with Crippen molar-refractivity contribution in [2.45, 2.75) is 31.3 Å². The van der Waals surface area contributed by atoms with E-state index in [0.29, 0.717) is 11.3 Å². The van der Waals surface area contributed by atoms with Crippen LogP contribution in [0.1, 0.15) is 44.5 Å². The summed E-state index contributed by atoms with van der Waals surface area (Å²) in [6.07, 6.45) is 3.64. The summed E-state index contributed by atoms with van der Waals surface area (Å²) in [5.41, 5.74) is 4.72. The predicted octanol–water partition coefficient (Wildman–Crippen LogP) is 5.64. The van der Waals surface area contributed by atoms with E-state index in [1.54, 1.807) is 36.5 Å². The minimum absolute atomic E-state index is 0.201. The van der Waals surface area contributed by atoms with Gasteiger partial charge in [-0.25, -0.2) is 0 Å². The molecule has 6 nitrogen and oxygen atoms in total. The van der Waals surface area contributed by atoms with Crippen LogP contribution in [-0.2, 0) is 10.2 Å². The standard InChI is InChI=1S/C34H27N3O3/c1-20-15-16-27-23(18-20)21(2)19-28-34(24-12-6-7-13-25(24)36-33(34)40)29(32(39)26-14-8-9-17-35-26)30(37(27)28)31(38)22-10-4-3-5-11-22/h3-19,28-30H,1-2H3,(H,36,40)/t28-,29-,30-,34+/m0/s1. The number of amides is 1. The van der Waals surface area contributed by atoms with Crippen LogP contribution in [-0.4, -0.2) is 34.5 Å². The SMILES string of the molecule is CC1=C[C@@H]2N(c3ccc(C)cc31)[C@H](C(=O)c1ccccc1)[C@@H](C(=O)c1ccccn1)[C@]21C(=O)Nc2ccccc21. The number of anilines is 2. The molecule has 4 aromatic rings. The summed E-state index contributed by atoms with van der Waals surface area (Å²) in [7, 11) is 0. The second kappa shape index (κ2) is 8.85. The van der Waals surface area contributed by atoms with Gasteiger partial charge in [0.15, 0.2) is 11.6 Å². The monoisotopic (exact) mass is 525 g/mol. The third kappa shape index (κ3) is 3.22. The van der Waals surface area contributed by atoms with Crippen molar-refractivity contribution in [2.24, 2.45) is 5.92 Å². The van der Waals surface area contributed by atoms with Crippen LogP contribution in [0, 0.1) is 12.8 Å². The van der Waals surface area contributed by atoms with Crippen LogP contribution >= 0.6 is 0 Å². The average molecular weight is 526 g/mol. The van der Waals surface area contributed by atoms with Gasteiger partial charge in [0.05, 0.1) is 12.0 Å². The quantitative estimate of drug-likeness (QED) is 0.349. The number of nitrogens with one attached hydrogen (secondary N) is 1. The van der Waals surface area contributed by atoms with Crippen LogP contribution in [0.5, 0.6) is 0 Å². The van der Waals surface area contributed by atoms with Gasteiger partial charge in [-0.1, -0.05) is 72.3 Å². The van der Waals surface area contributed by atoms with Crippen LogP contribution < -0.4 is 10.2 Å². The minimum Gasteiger partial charge on any atom is -0.352 e. The van der Waals surface area contributed by atoms with Gasteiger partial charge in [0.25, 0.3) is 0 Å². The Morgan fingerprint density at radius 1 is 0.875 bits per heavy atom. The van der Waals surface area contributed by atoms with Gasteiger partial charge in [-0.15, -0.1) is 0 Å². The first-order valence-corrected chi connectivity index (χ1v) is 13.5. The summed E-state index contributed by atoms with van der Waals surface area (Å²) >= 11 is 0. The molecular weight excluding hydrogens is 498 g/mol. The molecule has 3 aliphatic heterocycles. The molecule has 6 heteroatoms. The number of hydrogen-bond donors (Lipinski definition) is 1. The third-order valence-corrected chi connectivity index (χ3v) is 8.66. The third-order valence-electron chi connectivity index (χ3n) is 8.66. The molecule has 1 aromatic heterocycles. The van der Waals surface area contributed by atoms with Gasteiger partial charge in [0.1, 0.15) is 17.2 Å². The molecule has 0 aliphatic carbocycles. The Kier molecular flexibility index (Phi) is 5.36. The summed E-state index contributed by atoms with van der Waals surface area (Å²) in [6.45, 7) is 4.07. The number of ketones is 2. The van der Waals surface area contributed by atoms with Crippen LogP contribution in [0.3, 0.4) is 0 Å². The van der Waals surface area contributed by atoms with Gasteiger partial charge in [-0.2, -0.15) is 0 Å². The fourth-order valence-corrected chi connectivity index (χ4v) is 6.99. The zero-order valence-corrected chi connectivity index (χ0v) is 22.2. The lowest BCUT2D eigenvalue weighted by molar-refractivity contribution is -0.121. The molecule has 1 spiro atoms. The zero-order valence-electron chi connectivity index (χ0n) is 22.2. The van der Waals surface area contributed by atoms with E-state index in [1.807, 2.05) is 73.3 Å². The summed E-state index contributed by atoms with van der Waals surface area (Å²) in [4.78, 5) is 50.1. The number of rotatable bonds is 4. The lowest BCUT2D eigenvalue weighted by atomic mass is 9.64. The molecule has 1 fully saturated rings. The van der Waals surface area contributed by atoms with Gasteiger partial charge in [0.2, 0.25) is 5.91 Å². The molecule has 0 unspecified atom stereocenters. The maximum Gasteiger partial charge on any atom is 0.238 e. The van der Waals surface area contributed by atoms with E-state index in [0.717, 1.165) is 28.0 Å². The van der Waals surface area contributed by atoms with Crippen molar-refractivity contribution in [1.82, 2.24) is 4.98 Å². The van der Waals surface area contributed by atoms with Crippen molar-refractivity contribution in [3.63, 3.8) is 0 Å². The molecule has 4 heterocycles. The fourth-order valence-electron chi connectivity index (χ4n) is 6.99. The minimum atomic E-state index is -1.34. The summed E-state index contributed by atoms with van der Waals surface area (Å²) in [5.74, 6) is -1.83. The van der Waals surface area contributed by atoms with E-state index >= 15 is 0 Å². The number of nitrogens with zero attached hydrogens (tertiary/aromatic N) is 2. The largest absolute Gasteiger partial charge is 0.352 e. The number of hydrogen-bond acceptors (Lipinski definition) is 5. The molecule has 0 bridgehead atoms. The Hall–Kier alpha value is -4.84. The van der Waals surface area contributed by atoms with Crippen LogP contribution in [0.2, 0.25) is 0 Å². The van der Waals surface area contributed by atoms with Crippen LogP contribution in [0.15, 0.2) is 103 Å². The van der Waals surface area contributed by atoms with Gasteiger partial charge in [0, 0.05) is 28.7 Å². The first kappa shape index (κ1) is 24.2. The summed E-state index contributed by atoms with van der Waals surface area (Å²) in [5, 5.41) is 3.07. The van der Waals surface area contributed by atoms with Gasteiger partial charge in [-0.05, 0) is 55.3 Å². The van der Waals surface area contributed by atoms with Gasteiger partial charge in [-0.3, -0.25) is 19.4 Å². The van der Waals surface area contributed by atoms with E-state index in [9.17, 15) is 14.4 Å². The first-order valence-electron chi connectivity index (χ1n) is 13.5. The Balaban J connectivity index is 1.57. The van der Waals surface area contributed by atoms with E-state index in [-0.39, 0.29) is 23.2 Å². The number of fused-ring (bicyclic) bond motifs is 6. The highest BCUT2D eigenvalue weighted by molar-refractivity contribution is 6.18. The first-order chi connectivity index (χ1) is 19.4. The molecule has 7 rings (SSSR count). The molecule has 1 N–H and O–H groups in total. The molecular formula is C34H27N3O3. The number of benzene rings is 3. The molecule has 0 radical (unpaired) electrons. The molecule has 40 heavy (non-hydrogen) atoms. The van der Waals surface area contributed by atoms with Crippen molar-refractivity contribution in [3.05, 3.63) is 131 Å². The predicted molar refractivity (Wildman–Crippen MR) is 154 cm³/mol. The Morgan fingerprint density at radius 2 is 1.62 bits per heavy atom. The number of aromatic nitrogens is 1. The molecule has 1 saturated heterocycles. The van der Waals surface area contributed by atoms with Crippen LogP contribution in [0.4, 0.5) is 11.4 Å². The smallest absolute Gasteiger partial charge is 0.238 e. The molecule has 0 saturated carbocycles. The van der Waals surface area contributed by atoms with Crippen molar-refractivity contribution in [3.8, 4) is 0 Å². The van der Waals surface area contributed by atoms with E-state index in [4.69, 9.17) is 0 Å². The maximum atomic E-state index is 14.7. The van der Waals surface area contributed by atoms with E-state index in [1.165, 1.54) is 0 Å². The normalized spacial score (nSPS) is 24.1. The molecule has 1 amide bonds. The highest BCUT2D eigenvalue weighted by atomic mass is 16.2. The number of allylic oxidation sites excluding steroid dienone is 1. The lowest BCUT2D eigenvalue weighted by Crippen LogP contribution is -2.51. The highest BCUT2D eigenvalue weighted by Gasteiger charge is 2.70. The highest BCUT2D eigenvalue weighted by Crippen LogP contribution is 2.58. The second-order valence-electron chi connectivity index (χ2n) is 10.8. The Labute approximate surface area is 232 Å². The number of Topliss-reactive ketones (excluding diaryl/α,β-unsaturated/α-hetero) is 2. The maximum absolute atomic E-state index is 14.7. The van der Waals surface area contributed by atoms with Crippen molar-refractivity contribution >= 4 is 34.4 Å². The number of aryl methyl sites for hydroxylation is 1. The summed E-state index contributed by atoms with van der Waals surface area (Å²) < 4.78 is 0. The number of carbonyl (C=O) groups excluding carboxylic acids is 3. The van der Waals surface area contributed by atoms with Crippen molar-refractivity contribution < 1.29 is 14.4 Å². The average Bonchev–Trinajstić information content (AvgIpc) is 3.45. The molecule has 3 aromatic carbocycles. The summed E-state index contributed by atoms with van der Waals surface area (Å²) in [6, 6.07) is 26.4. The number of para-hydroxylation sites is 1. The van der Waals surface area contributed by atoms with Crippen molar-refractivity contribution in [1.29, 1.82) is 0 Å². The molecule has 3 aliphatic rings.